The van der Waals surface area contributed by atoms with E-state index in [1.807, 2.05) is 36.5 Å². The van der Waals surface area contributed by atoms with Crippen LogP contribution in [0.15, 0.2) is 42.6 Å². The lowest BCUT2D eigenvalue weighted by atomic mass is 10.1. The predicted octanol–water partition coefficient (Wildman–Crippen LogP) is 4.07. The van der Waals surface area contributed by atoms with Crippen molar-refractivity contribution >= 4 is 23.4 Å². The molecule has 6 heteroatoms. The molecule has 0 unspecified atom stereocenters. The number of nitrogens with zero attached hydrogens (tertiary/aromatic N) is 3. The third-order valence-corrected chi connectivity index (χ3v) is 4.87. The number of benzene rings is 1. The molecular weight excluding hydrogens is 348 g/mol. The quantitative estimate of drug-likeness (QED) is 0.860. The van der Waals surface area contributed by atoms with Crippen LogP contribution in [-0.2, 0) is 13.1 Å². The Labute approximate surface area is 160 Å². The molecule has 3 rings (SSSR count). The topological polar surface area (TPSA) is 48.5 Å². The average Bonchev–Trinajstić information content (AvgIpc) is 2.68. The number of halogens is 1. The van der Waals surface area contributed by atoms with Crippen molar-refractivity contribution < 1.29 is 4.79 Å². The number of carbonyl (C=O) groups excluding carboxylic acids is 1. The standard InChI is InChI=1S/C20H25ClN4O/c1-24(15-16-5-7-18(21)8-6-16)20(26)23-14-17-9-10-22-19(13-17)25-11-3-2-4-12-25/h5-10,13H,2-4,11-12,14-15H2,1H3,(H,23,26). The minimum absolute atomic E-state index is 0.101. The van der Waals surface area contributed by atoms with E-state index in [-0.39, 0.29) is 6.03 Å². The molecule has 0 aliphatic carbocycles. The summed E-state index contributed by atoms with van der Waals surface area (Å²) in [5.41, 5.74) is 2.11. The van der Waals surface area contributed by atoms with E-state index in [2.05, 4.69) is 21.3 Å². The molecule has 0 atom stereocenters. The van der Waals surface area contributed by atoms with E-state index in [4.69, 9.17) is 11.6 Å². The highest BCUT2D eigenvalue weighted by molar-refractivity contribution is 6.30. The van der Waals surface area contributed by atoms with Crippen molar-refractivity contribution in [1.29, 1.82) is 0 Å². The first-order chi connectivity index (χ1) is 12.6. The number of hydrogen-bond acceptors (Lipinski definition) is 3. The molecule has 0 bridgehead atoms. The number of pyridine rings is 1. The van der Waals surface area contributed by atoms with Gasteiger partial charge < -0.3 is 15.1 Å². The number of aromatic nitrogens is 1. The lowest BCUT2D eigenvalue weighted by molar-refractivity contribution is 0.206. The molecule has 1 N–H and O–H groups in total. The van der Waals surface area contributed by atoms with Gasteiger partial charge in [-0.05, 0) is 54.7 Å². The second-order valence-corrected chi connectivity index (χ2v) is 7.15. The smallest absolute Gasteiger partial charge is 0.317 e. The fourth-order valence-electron chi connectivity index (χ4n) is 3.11. The van der Waals surface area contributed by atoms with Crippen LogP contribution in [-0.4, -0.2) is 36.1 Å². The zero-order valence-electron chi connectivity index (χ0n) is 15.1. The van der Waals surface area contributed by atoms with Gasteiger partial charge in [0.05, 0.1) is 0 Å². The van der Waals surface area contributed by atoms with Gasteiger partial charge in [-0.1, -0.05) is 23.7 Å². The molecule has 138 valence electrons. The zero-order valence-corrected chi connectivity index (χ0v) is 15.9. The van der Waals surface area contributed by atoms with Crippen LogP contribution in [0.3, 0.4) is 0 Å². The summed E-state index contributed by atoms with van der Waals surface area (Å²) < 4.78 is 0. The van der Waals surface area contributed by atoms with Crippen molar-refractivity contribution in [1.82, 2.24) is 15.2 Å². The molecular formula is C20H25ClN4O. The summed E-state index contributed by atoms with van der Waals surface area (Å²) in [5, 5.41) is 3.67. The molecule has 5 nitrogen and oxygen atoms in total. The highest BCUT2D eigenvalue weighted by atomic mass is 35.5. The maximum absolute atomic E-state index is 12.3. The highest BCUT2D eigenvalue weighted by Crippen LogP contribution is 2.18. The van der Waals surface area contributed by atoms with Crippen LogP contribution in [0.2, 0.25) is 5.02 Å². The normalized spacial score (nSPS) is 14.2. The molecule has 1 aliphatic rings. The number of piperidine rings is 1. The number of amides is 2. The molecule has 2 aromatic rings. The van der Waals surface area contributed by atoms with Gasteiger partial charge in [-0.15, -0.1) is 0 Å². The maximum atomic E-state index is 12.3. The van der Waals surface area contributed by atoms with Crippen molar-refractivity contribution in [3.05, 3.63) is 58.7 Å². The Kier molecular flexibility index (Phi) is 6.34. The molecule has 0 spiro atoms. The average molecular weight is 373 g/mol. The van der Waals surface area contributed by atoms with Gasteiger partial charge in [-0.3, -0.25) is 0 Å². The molecule has 1 aromatic heterocycles. The number of hydrogen-bond donors (Lipinski definition) is 1. The van der Waals surface area contributed by atoms with Crippen LogP contribution < -0.4 is 10.2 Å². The first kappa shape index (κ1) is 18.5. The van der Waals surface area contributed by atoms with Crippen LogP contribution in [0.1, 0.15) is 30.4 Å². The Bertz CT molecular complexity index is 729. The molecule has 2 heterocycles. The SMILES string of the molecule is CN(Cc1ccc(Cl)cc1)C(=O)NCc1ccnc(N2CCCCC2)c1. The van der Waals surface area contributed by atoms with Crippen molar-refractivity contribution in [2.75, 3.05) is 25.0 Å². The van der Waals surface area contributed by atoms with Gasteiger partial charge >= 0.3 is 6.03 Å². The first-order valence-electron chi connectivity index (χ1n) is 9.05. The monoisotopic (exact) mass is 372 g/mol. The minimum Gasteiger partial charge on any atom is -0.357 e. The van der Waals surface area contributed by atoms with E-state index in [0.29, 0.717) is 18.1 Å². The van der Waals surface area contributed by atoms with Gasteiger partial charge in [0.2, 0.25) is 0 Å². The predicted molar refractivity (Wildman–Crippen MR) is 105 cm³/mol. The summed E-state index contributed by atoms with van der Waals surface area (Å²) in [7, 11) is 1.79. The summed E-state index contributed by atoms with van der Waals surface area (Å²) in [5.74, 6) is 1.01. The van der Waals surface area contributed by atoms with Crippen molar-refractivity contribution in [3.63, 3.8) is 0 Å². The van der Waals surface area contributed by atoms with Crippen LogP contribution in [0, 0.1) is 0 Å². The second-order valence-electron chi connectivity index (χ2n) is 6.71. The van der Waals surface area contributed by atoms with Crippen molar-refractivity contribution in [2.45, 2.75) is 32.4 Å². The Morgan fingerprint density at radius 3 is 2.62 bits per heavy atom. The Hall–Kier alpha value is -2.27. The third kappa shape index (κ3) is 5.11. The van der Waals surface area contributed by atoms with Crippen LogP contribution in [0.4, 0.5) is 10.6 Å². The van der Waals surface area contributed by atoms with Gasteiger partial charge in [0.1, 0.15) is 5.82 Å². The van der Waals surface area contributed by atoms with E-state index in [9.17, 15) is 4.79 Å². The molecule has 2 amide bonds. The number of carbonyl (C=O) groups is 1. The second kappa shape index (κ2) is 8.90. The summed E-state index contributed by atoms with van der Waals surface area (Å²) in [6, 6.07) is 11.5. The van der Waals surface area contributed by atoms with E-state index < -0.39 is 0 Å². The van der Waals surface area contributed by atoms with Crippen molar-refractivity contribution in [2.24, 2.45) is 0 Å². The summed E-state index contributed by atoms with van der Waals surface area (Å²) >= 11 is 5.90. The lowest BCUT2D eigenvalue weighted by Crippen LogP contribution is -2.36. The Morgan fingerprint density at radius 1 is 1.15 bits per heavy atom. The molecule has 1 aromatic carbocycles. The number of nitrogens with one attached hydrogen (secondary N) is 1. The molecule has 1 aliphatic heterocycles. The van der Waals surface area contributed by atoms with Crippen LogP contribution in [0.25, 0.3) is 0 Å². The van der Waals surface area contributed by atoms with Gasteiger partial charge in [-0.25, -0.2) is 9.78 Å². The minimum atomic E-state index is -0.101. The number of rotatable bonds is 5. The van der Waals surface area contributed by atoms with E-state index in [1.165, 1.54) is 19.3 Å². The Balaban J connectivity index is 1.52. The first-order valence-corrected chi connectivity index (χ1v) is 9.43. The summed E-state index contributed by atoms with van der Waals surface area (Å²) in [6.07, 6.45) is 5.56. The van der Waals surface area contributed by atoms with Crippen molar-refractivity contribution in [3.8, 4) is 0 Å². The largest absolute Gasteiger partial charge is 0.357 e. The number of urea groups is 1. The van der Waals surface area contributed by atoms with Gasteiger partial charge in [0.25, 0.3) is 0 Å². The lowest BCUT2D eigenvalue weighted by Gasteiger charge is -2.28. The van der Waals surface area contributed by atoms with E-state index in [1.54, 1.807) is 11.9 Å². The molecule has 26 heavy (non-hydrogen) atoms. The van der Waals surface area contributed by atoms with E-state index >= 15 is 0 Å². The fourth-order valence-corrected chi connectivity index (χ4v) is 3.24. The molecule has 1 fully saturated rings. The number of anilines is 1. The summed E-state index contributed by atoms with van der Waals surface area (Å²) in [6.45, 7) is 3.16. The maximum Gasteiger partial charge on any atom is 0.317 e. The van der Waals surface area contributed by atoms with Gasteiger partial charge in [0, 0.05) is 44.4 Å². The fraction of sp³-hybridized carbons (Fsp3) is 0.400. The molecule has 1 saturated heterocycles. The molecule has 0 saturated carbocycles. The van der Waals surface area contributed by atoms with Gasteiger partial charge in [-0.2, -0.15) is 0 Å². The zero-order chi connectivity index (χ0) is 18.4. The Morgan fingerprint density at radius 2 is 1.88 bits per heavy atom. The highest BCUT2D eigenvalue weighted by Gasteiger charge is 2.13. The van der Waals surface area contributed by atoms with E-state index in [0.717, 1.165) is 30.0 Å². The summed E-state index contributed by atoms with van der Waals surface area (Å²) in [4.78, 5) is 20.8. The van der Waals surface area contributed by atoms with Crippen LogP contribution in [0.5, 0.6) is 0 Å². The molecule has 0 radical (unpaired) electrons. The van der Waals surface area contributed by atoms with Gasteiger partial charge in [0.15, 0.2) is 0 Å². The van der Waals surface area contributed by atoms with Crippen LogP contribution >= 0.6 is 11.6 Å². The third-order valence-electron chi connectivity index (χ3n) is 4.61.